The maximum absolute atomic E-state index is 12.7. The molecule has 0 saturated heterocycles. The molecule has 0 aromatic heterocycles. The second-order valence-corrected chi connectivity index (χ2v) is 5.27. The van der Waals surface area contributed by atoms with Gasteiger partial charge in [-0.15, -0.1) is 0 Å². The molecular weight excluding hydrogens is 276 g/mol. The molecule has 0 atom stereocenters. The lowest BCUT2D eigenvalue weighted by molar-refractivity contribution is 0.102. The van der Waals surface area contributed by atoms with Crippen molar-refractivity contribution in [2.75, 3.05) is 14.2 Å². The number of benzene rings is 2. The number of rotatable bonds is 3. The van der Waals surface area contributed by atoms with Gasteiger partial charge in [0.25, 0.3) is 0 Å². The van der Waals surface area contributed by atoms with E-state index in [1.54, 1.807) is 20.3 Å². The first-order chi connectivity index (χ1) is 10.7. The maximum Gasteiger partial charge on any atom is 0.189 e. The Morgan fingerprint density at radius 3 is 2.32 bits per heavy atom. The van der Waals surface area contributed by atoms with E-state index in [0.29, 0.717) is 17.1 Å². The van der Waals surface area contributed by atoms with Crippen LogP contribution >= 0.6 is 0 Å². The van der Waals surface area contributed by atoms with E-state index in [0.717, 1.165) is 29.5 Å². The summed E-state index contributed by atoms with van der Waals surface area (Å²) in [6, 6.07) is 13.6. The van der Waals surface area contributed by atoms with Crippen LogP contribution in [0.3, 0.4) is 0 Å². The number of allylic oxidation sites excluding steroid dienone is 1. The highest BCUT2D eigenvalue weighted by atomic mass is 16.5. The van der Waals surface area contributed by atoms with Crippen LogP contribution in [0.25, 0.3) is 6.08 Å². The summed E-state index contributed by atoms with van der Waals surface area (Å²) in [5.41, 5.74) is 3.62. The molecule has 0 heterocycles. The van der Waals surface area contributed by atoms with Gasteiger partial charge in [-0.25, -0.2) is 0 Å². The topological polar surface area (TPSA) is 35.5 Å². The predicted molar refractivity (Wildman–Crippen MR) is 86.6 cm³/mol. The number of hydrogen-bond donors (Lipinski definition) is 0. The van der Waals surface area contributed by atoms with Gasteiger partial charge in [-0.3, -0.25) is 4.79 Å². The maximum atomic E-state index is 12.7. The first-order valence-electron chi connectivity index (χ1n) is 7.28. The van der Waals surface area contributed by atoms with Crippen LogP contribution in [0.2, 0.25) is 0 Å². The number of fused-ring (bicyclic) bond motifs is 1. The smallest absolute Gasteiger partial charge is 0.189 e. The SMILES string of the molecule is COc1cc2c(cc1OC)C(=O)C(=Cc1ccccc1)CC2. The number of ketones is 1. The van der Waals surface area contributed by atoms with Crippen LogP contribution in [0, 0.1) is 0 Å². The van der Waals surface area contributed by atoms with Crippen LogP contribution in [-0.2, 0) is 6.42 Å². The molecule has 0 saturated carbocycles. The summed E-state index contributed by atoms with van der Waals surface area (Å²) in [6.07, 6.45) is 3.55. The molecule has 0 bridgehead atoms. The Morgan fingerprint density at radius 1 is 0.955 bits per heavy atom. The van der Waals surface area contributed by atoms with Gasteiger partial charge >= 0.3 is 0 Å². The van der Waals surface area contributed by atoms with Gasteiger partial charge in [-0.1, -0.05) is 30.3 Å². The van der Waals surface area contributed by atoms with Crippen molar-refractivity contribution in [3.05, 3.63) is 64.7 Å². The van der Waals surface area contributed by atoms with E-state index in [1.807, 2.05) is 42.5 Å². The number of carbonyl (C=O) groups excluding carboxylic acids is 1. The Bertz CT molecular complexity index is 730. The van der Waals surface area contributed by atoms with Crippen LogP contribution in [0.4, 0.5) is 0 Å². The van der Waals surface area contributed by atoms with E-state index in [2.05, 4.69) is 0 Å². The molecule has 1 aliphatic carbocycles. The molecule has 0 radical (unpaired) electrons. The summed E-state index contributed by atoms with van der Waals surface area (Å²) in [5, 5.41) is 0. The fourth-order valence-corrected chi connectivity index (χ4v) is 2.78. The number of ether oxygens (including phenoxy) is 2. The third-order valence-corrected chi connectivity index (χ3v) is 3.95. The van der Waals surface area contributed by atoms with Crippen molar-refractivity contribution in [2.45, 2.75) is 12.8 Å². The van der Waals surface area contributed by atoms with Crippen molar-refractivity contribution in [1.82, 2.24) is 0 Å². The number of carbonyl (C=O) groups is 1. The fraction of sp³-hybridized carbons (Fsp3) is 0.211. The number of hydrogen-bond acceptors (Lipinski definition) is 3. The van der Waals surface area contributed by atoms with Crippen molar-refractivity contribution in [3.63, 3.8) is 0 Å². The van der Waals surface area contributed by atoms with Crippen molar-refractivity contribution < 1.29 is 14.3 Å². The molecule has 0 fully saturated rings. The average Bonchev–Trinajstić information content (AvgIpc) is 2.57. The summed E-state index contributed by atoms with van der Waals surface area (Å²) < 4.78 is 10.6. The highest BCUT2D eigenvalue weighted by Gasteiger charge is 2.24. The Morgan fingerprint density at radius 2 is 1.64 bits per heavy atom. The zero-order valence-electron chi connectivity index (χ0n) is 12.8. The average molecular weight is 294 g/mol. The van der Waals surface area contributed by atoms with E-state index < -0.39 is 0 Å². The Labute approximate surface area is 130 Å². The number of aryl methyl sites for hydroxylation is 1. The molecule has 2 aromatic carbocycles. The largest absolute Gasteiger partial charge is 0.493 e. The molecular formula is C19H18O3. The molecule has 2 aromatic rings. The highest BCUT2D eigenvalue weighted by molar-refractivity contribution is 6.13. The molecule has 3 nitrogen and oxygen atoms in total. The van der Waals surface area contributed by atoms with E-state index in [9.17, 15) is 4.79 Å². The van der Waals surface area contributed by atoms with Gasteiger partial charge in [0, 0.05) is 11.1 Å². The molecule has 0 N–H and O–H groups in total. The van der Waals surface area contributed by atoms with Crippen molar-refractivity contribution >= 4 is 11.9 Å². The summed E-state index contributed by atoms with van der Waals surface area (Å²) >= 11 is 0. The van der Waals surface area contributed by atoms with Gasteiger partial charge in [-0.05, 0) is 42.2 Å². The van der Waals surface area contributed by atoms with E-state index in [1.165, 1.54) is 0 Å². The number of methoxy groups -OCH3 is 2. The second kappa shape index (κ2) is 6.06. The first kappa shape index (κ1) is 14.4. The van der Waals surface area contributed by atoms with E-state index in [-0.39, 0.29) is 5.78 Å². The lowest BCUT2D eigenvalue weighted by Gasteiger charge is -2.20. The lowest BCUT2D eigenvalue weighted by atomic mass is 9.85. The molecule has 0 amide bonds. The molecule has 0 aliphatic heterocycles. The molecule has 22 heavy (non-hydrogen) atoms. The van der Waals surface area contributed by atoms with Gasteiger partial charge in [0.2, 0.25) is 0 Å². The normalized spacial score (nSPS) is 15.5. The summed E-state index contributed by atoms with van der Waals surface area (Å²) in [6.45, 7) is 0. The van der Waals surface area contributed by atoms with Gasteiger partial charge in [0.05, 0.1) is 14.2 Å². The molecule has 1 aliphatic rings. The third-order valence-electron chi connectivity index (χ3n) is 3.95. The fourth-order valence-electron chi connectivity index (χ4n) is 2.78. The van der Waals surface area contributed by atoms with Crippen molar-refractivity contribution in [3.8, 4) is 11.5 Å². The Kier molecular flexibility index (Phi) is 3.96. The van der Waals surface area contributed by atoms with Crippen molar-refractivity contribution in [1.29, 1.82) is 0 Å². The zero-order chi connectivity index (χ0) is 15.5. The predicted octanol–water partition coefficient (Wildman–Crippen LogP) is 3.92. The van der Waals surface area contributed by atoms with Gasteiger partial charge in [-0.2, -0.15) is 0 Å². The van der Waals surface area contributed by atoms with E-state index in [4.69, 9.17) is 9.47 Å². The monoisotopic (exact) mass is 294 g/mol. The van der Waals surface area contributed by atoms with Crippen LogP contribution < -0.4 is 9.47 Å². The molecule has 3 rings (SSSR count). The molecule has 0 spiro atoms. The Hall–Kier alpha value is -2.55. The van der Waals surface area contributed by atoms with Gasteiger partial charge in [0.15, 0.2) is 17.3 Å². The minimum absolute atomic E-state index is 0.0751. The third kappa shape index (κ3) is 2.62. The quantitative estimate of drug-likeness (QED) is 0.805. The molecule has 0 unspecified atom stereocenters. The van der Waals surface area contributed by atoms with Crippen LogP contribution in [0.15, 0.2) is 48.0 Å². The van der Waals surface area contributed by atoms with Crippen LogP contribution in [-0.4, -0.2) is 20.0 Å². The highest BCUT2D eigenvalue weighted by Crippen LogP contribution is 2.35. The lowest BCUT2D eigenvalue weighted by Crippen LogP contribution is -2.14. The summed E-state index contributed by atoms with van der Waals surface area (Å²) in [7, 11) is 3.19. The zero-order valence-corrected chi connectivity index (χ0v) is 12.8. The minimum atomic E-state index is 0.0751. The van der Waals surface area contributed by atoms with Crippen LogP contribution in [0.1, 0.15) is 27.9 Å². The minimum Gasteiger partial charge on any atom is -0.493 e. The van der Waals surface area contributed by atoms with Gasteiger partial charge < -0.3 is 9.47 Å². The van der Waals surface area contributed by atoms with Gasteiger partial charge in [0.1, 0.15) is 0 Å². The first-order valence-corrected chi connectivity index (χ1v) is 7.28. The molecule has 3 heteroatoms. The standard InChI is InChI=1S/C19H18O3/c1-21-17-11-14-8-9-15(10-13-6-4-3-5-7-13)19(20)16(14)12-18(17)22-2/h3-7,10-12H,8-9H2,1-2H3. The van der Waals surface area contributed by atoms with E-state index >= 15 is 0 Å². The second-order valence-electron chi connectivity index (χ2n) is 5.27. The Balaban J connectivity index is 2.00. The summed E-state index contributed by atoms with van der Waals surface area (Å²) in [4.78, 5) is 12.7. The number of Topliss-reactive ketones (excluding diaryl/α,β-unsaturated/α-hetero) is 1. The molecule has 112 valence electrons. The van der Waals surface area contributed by atoms with Crippen molar-refractivity contribution in [2.24, 2.45) is 0 Å². The summed E-state index contributed by atoms with van der Waals surface area (Å²) in [5.74, 6) is 1.34. The van der Waals surface area contributed by atoms with Crippen LogP contribution in [0.5, 0.6) is 11.5 Å².